The summed E-state index contributed by atoms with van der Waals surface area (Å²) in [5.74, 6) is -0.255. The first kappa shape index (κ1) is 18.2. The highest BCUT2D eigenvalue weighted by molar-refractivity contribution is 5.87. The number of rotatable bonds is 3. The first-order valence-corrected chi connectivity index (χ1v) is 8.17. The number of hydrogen-bond donors (Lipinski definition) is 1. The summed E-state index contributed by atoms with van der Waals surface area (Å²) in [6.45, 7) is 3.68. The van der Waals surface area contributed by atoms with Crippen LogP contribution in [0.2, 0.25) is 0 Å². The third-order valence-electron chi connectivity index (χ3n) is 4.66. The van der Waals surface area contributed by atoms with Crippen LogP contribution in [0, 0.1) is 0 Å². The highest BCUT2D eigenvalue weighted by Gasteiger charge is 2.30. The van der Waals surface area contributed by atoms with Crippen molar-refractivity contribution in [3.05, 3.63) is 71.8 Å². The summed E-state index contributed by atoms with van der Waals surface area (Å²) >= 11 is 0. The number of alkyl halides is 3. The van der Waals surface area contributed by atoms with Gasteiger partial charge in [-0.3, -0.25) is 4.79 Å². The van der Waals surface area contributed by atoms with Crippen LogP contribution in [0.5, 0.6) is 0 Å². The number of hydrogen-bond acceptors (Lipinski definition) is 2. The Bertz CT molecular complexity index is 828. The van der Waals surface area contributed by atoms with E-state index in [1.54, 1.807) is 4.90 Å². The minimum Gasteiger partial charge on any atom is -0.394 e. The van der Waals surface area contributed by atoms with Crippen molar-refractivity contribution in [1.29, 1.82) is 0 Å². The van der Waals surface area contributed by atoms with Crippen LogP contribution >= 0.6 is 0 Å². The normalized spacial score (nSPS) is 16.9. The summed E-state index contributed by atoms with van der Waals surface area (Å²) in [5.41, 5.74) is 2.71. The molecule has 0 aliphatic carbocycles. The Kier molecular flexibility index (Phi) is 4.87. The Hall–Kier alpha value is -2.60. The molecular formula is C20H18F3NO2. The van der Waals surface area contributed by atoms with Gasteiger partial charge in [-0.2, -0.15) is 13.2 Å². The topological polar surface area (TPSA) is 40.5 Å². The molecule has 2 aromatic carbocycles. The van der Waals surface area contributed by atoms with Gasteiger partial charge in [-0.25, -0.2) is 0 Å². The molecule has 3 rings (SSSR count). The van der Waals surface area contributed by atoms with E-state index in [9.17, 15) is 23.1 Å². The number of fused-ring (bicyclic) bond motifs is 1. The Morgan fingerprint density at radius 2 is 1.81 bits per heavy atom. The number of nitrogens with zero attached hydrogens (tertiary/aromatic N) is 1. The molecular weight excluding hydrogens is 343 g/mol. The minimum atomic E-state index is -4.36. The summed E-state index contributed by atoms with van der Waals surface area (Å²) in [5, 5.41) is 9.54. The van der Waals surface area contributed by atoms with Crippen molar-refractivity contribution in [3.8, 4) is 11.1 Å². The average molecular weight is 361 g/mol. The highest BCUT2D eigenvalue weighted by Crippen LogP contribution is 2.32. The van der Waals surface area contributed by atoms with Crippen LogP contribution < -0.4 is 0 Å². The lowest BCUT2D eigenvalue weighted by Crippen LogP contribution is -2.45. The molecule has 136 valence electrons. The Labute approximate surface area is 149 Å². The number of benzene rings is 2. The molecule has 6 heteroatoms. The van der Waals surface area contributed by atoms with E-state index in [1.807, 2.05) is 18.2 Å². The molecule has 0 saturated carbocycles. The summed E-state index contributed by atoms with van der Waals surface area (Å²) in [4.78, 5) is 13.6. The lowest BCUT2D eigenvalue weighted by atomic mass is 9.91. The van der Waals surface area contributed by atoms with Crippen molar-refractivity contribution < 1.29 is 23.1 Å². The fourth-order valence-electron chi connectivity index (χ4n) is 3.22. The van der Waals surface area contributed by atoms with Crippen molar-refractivity contribution >= 4 is 5.91 Å². The molecule has 0 radical (unpaired) electrons. The largest absolute Gasteiger partial charge is 0.416 e. The van der Waals surface area contributed by atoms with Crippen molar-refractivity contribution in [2.45, 2.75) is 25.2 Å². The number of halogens is 3. The summed E-state index contributed by atoms with van der Waals surface area (Å²) in [7, 11) is 0. The third kappa shape index (κ3) is 3.51. The standard InChI is InChI=1S/C20H18F3NO2/c1-2-19(26)24-11-16-9-14(3-4-15(16)10-18(24)12-25)13-5-7-17(8-6-13)20(21,22)23/h2-9,18,25H,1,10-12H2/t18-/m0/s1. The summed E-state index contributed by atoms with van der Waals surface area (Å²) < 4.78 is 38.1. The van der Waals surface area contributed by atoms with Crippen LogP contribution in [0.4, 0.5) is 13.2 Å². The van der Waals surface area contributed by atoms with E-state index in [0.29, 0.717) is 18.5 Å². The second-order valence-electron chi connectivity index (χ2n) is 6.27. The van der Waals surface area contributed by atoms with Gasteiger partial charge in [0.2, 0.25) is 5.91 Å². The second-order valence-corrected chi connectivity index (χ2v) is 6.27. The van der Waals surface area contributed by atoms with Gasteiger partial charge in [-0.05, 0) is 52.9 Å². The van der Waals surface area contributed by atoms with Crippen molar-refractivity contribution in [3.63, 3.8) is 0 Å². The molecule has 1 aliphatic heterocycles. The van der Waals surface area contributed by atoms with Gasteiger partial charge in [0, 0.05) is 6.54 Å². The predicted octanol–water partition coefficient (Wildman–Crippen LogP) is 3.80. The zero-order valence-corrected chi connectivity index (χ0v) is 14.0. The number of carbonyl (C=O) groups is 1. The maximum Gasteiger partial charge on any atom is 0.416 e. The lowest BCUT2D eigenvalue weighted by Gasteiger charge is -2.35. The van der Waals surface area contributed by atoms with Crippen LogP contribution in [-0.2, 0) is 23.9 Å². The van der Waals surface area contributed by atoms with Crippen LogP contribution in [0.15, 0.2) is 55.1 Å². The molecule has 1 heterocycles. The Morgan fingerprint density at radius 3 is 2.38 bits per heavy atom. The van der Waals surface area contributed by atoms with Gasteiger partial charge in [0.05, 0.1) is 18.2 Å². The van der Waals surface area contributed by atoms with Gasteiger partial charge in [-0.1, -0.05) is 30.8 Å². The van der Waals surface area contributed by atoms with Crippen molar-refractivity contribution in [1.82, 2.24) is 4.90 Å². The smallest absolute Gasteiger partial charge is 0.394 e. The fraction of sp³-hybridized carbons (Fsp3) is 0.250. The van der Waals surface area contributed by atoms with Gasteiger partial charge in [-0.15, -0.1) is 0 Å². The Morgan fingerprint density at radius 1 is 1.15 bits per heavy atom. The third-order valence-corrected chi connectivity index (χ3v) is 4.66. The Balaban J connectivity index is 1.92. The SMILES string of the molecule is C=CC(=O)N1Cc2cc(-c3ccc(C(F)(F)F)cc3)ccc2C[C@H]1CO. The van der Waals surface area contributed by atoms with E-state index >= 15 is 0 Å². The van der Waals surface area contributed by atoms with E-state index in [0.717, 1.165) is 28.8 Å². The van der Waals surface area contributed by atoms with Crippen LogP contribution in [0.1, 0.15) is 16.7 Å². The molecule has 1 atom stereocenters. The molecule has 1 amide bonds. The number of amides is 1. The van der Waals surface area contributed by atoms with Crippen molar-refractivity contribution in [2.24, 2.45) is 0 Å². The zero-order valence-electron chi connectivity index (χ0n) is 14.0. The molecule has 0 aromatic heterocycles. The molecule has 1 N–H and O–H groups in total. The van der Waals surface area contributed by atoms with Gasteiger partial charge in [0.1, 0.15) is 0 Å². The first-order valence-electron chi connectivity index (χ1n) is 8.17. The molecule has 26 heavy (non-hydrogen) atoms. The molecule has 3 nitrogen and oxygen atoms in total. The van der Waals surface area contributed by atoms with E-state index < -0.39 is 11.7 Å². The molecule has 0 unspecified atom stereocenters. The van der Waals surface area contributed by atoms with Gasteiger partial charge < -0.3 is 10.0 Å². The molecule has 1 aliphatic rings. The number of carbonyl (C=O) groups excluding carboxylic acids is 1. The van der Waals surface area contributed by atoms with E-state index in [-0.39, 0.29) is 18.6 Å². The maximum absolute atomic E-state index is 12.7. The second kappa shape index (κ2) is 6.96. The average Bonchev–Trinajstić information content (AvgIpc) is 2.65. The summed E-state index contributed by atoms with van der Waals surface area (Å²) in [6, 6.07) is 10.3. The van der Waals surface area contributed by atoms with Crippen LogP contribution in [-0.4, -0.2) is 28.6 Å². The van der Waals surface area contributed by atoms with E-state index in [2.05, 4.69) is 6.58 Å². The molecule has 0 spiro atoms. The number of aliphatic hydroxyl groups excluding tert-OH is 1. The highest BCUT2D eigenvalue weighted by atomic mass is 19.4. The molecule has 0 saturated heterocycles. The van der Waals surface area contributed by atoms with Crippen LogP contribution in [0.25, 0.3) is 11.1 Å². The van der Waals surface area contributed by atoms with Gasteiger partial charge >= 0.3 is 6.18 Å². The minimum absolute atomic E-state index is 0.139. The first-order chi connectivity index (χ1) is 12.3. The predicted molar refractivity (Wildman–Crippen MR) is 92.2 cm³/mol. The lowest BCUT2D eigenvalue weighted by molar-refractivity contribution is -0.137. The zero-order chi connectivity index (χ0) is 18.9. The van der Waals surface area contributed by atoms with Crippen molar-refractivity contribution in [2.75, 3.05) is 6.61 Å². The van der Waals surface area contributed by atoms with Gasteiger partial charge in [0.15, 0.2) is 0 Å². The molecule has 0 fully saturated rings. The maximum atomic E-state index is 12.7. The van der Waals surface area contributed by atoms with Gasteiger partial charge in [0.25, 0.3) is 0 Å². The van der Waals surface area contributed by atoms with E-state index in [1.165, 1.54) is 18.2 Å². The fourth-order valence-corrected chi connectivity index (χ4v) is 3.22. The molecule has 2 aromatic rings. The monoisotopic (exact) mass is 361 g/mol. The quantitative estimate of drug-likeness (QED) is 0.845. The number of aliphatic hydroxyl groups is 1. The van der Waals surface area contributed by atoms with E-state index in [4.69, 9.17) is 0 Å². The van der Waals surface area contributed by atoms with Crippen LogP contribution in [0.3, 0.4) is 0 Å². The molecule has 0 bridgehead atoms. The summed E-state index contributed by atoms with van der Waals surface area (Å²) in [6.07, 6.45) is -2.62.